The summed E-state index contributed by atoms with van der Waals surface area (Å²) in [5.41, 5.74) is -1.30. The summed E-state index contributed by atoms with van der Waals surface area (Å²) in [4.78, 5) is 27.8. The second kappa shape index (κ2) is 5.98. The summed E-state index contributed by atoms with van der Waals surface area (Å²) in [7, 11) is 0. The minimum Gasteiger partial charge on any atom is -0.340 e. The van der Waals surface area contributed by atoms with Crippen LogP contribution in [0.15, 0.2) is 0 Å². The molecule has 0 aromatic heterocycles. The van der Waals surface area contributed by atoms with Gasteiger partial charge in [-0.05, 0) is 32.1 Å². The lowest BCUT2D eigenvalue weighted by molar-refractivity contribution is -0.165. The Morgan fingerprint density at radius 1 is 1.19 bits per heavy atom. The summed E-state index contributed by atoms with van der Waals surface area (Å²) in [6.07, 6.45) is 6.53. The normalized spacial score (nSPS) is 30.4. The molecule has 1 spiro atoms. The van der Waals surface area contributed by atoms with Crippen LogP contribution in [0.2, 0.25) is 0 Å². The molecule has 1 saturated heterocycles. The Bertz CT molecular complexity index is 415. The minimum atomic E-state index is -0.691. The summed E-state index contributed by atoms with van der Waals surface area (Å²) in [5, 5.41) is 3.11. The Morgan fingerprint density at radius 3 is 2.33 bits per heavy atom. The van der Waals surface area contributed by atoms with Crippen molar-refractivity contribution >= 4 is 11.8 Å². The maximum Gasteiger partial charge on any atom is 0.249 e. The van der Waals surface area contributed by atoms with E-state index < -0.39 is 11.1 Å². The number of carbonyl (C=O) groups is 2. The quantitative estimate of drug-likeness (QED) is 0.866. The highest BCUT2D eigenvalue weighted by Crippen LogP contribution is 2.37. The minimum absolute atomic E-state index is 0.0369. The summed E-state index contributed by atoms with van der Waals surface area (Å²) in [6.45, 7) is 8.89. The Hall–Kier alpha value is -1.06. The van der Waals surface area contributed by atoms with Crippen LogP contribution in [-0.4, -0.2) is 34.3 Å². The summed E-state index contributed by atoms with van der Waals surface area (Å²) in [5.74, 6) is 0.618. The van der Waals surface area contributed by atoms with Gasteiger partial charge in [0.15, 0.2) is 0 Å². The third-order valence-electron chi connectivity index (χ3n) is 5.68. The van der Waals surface area contributed by atoms with E-state index in [-0.39, 0.29) is 11.8 Å². The first-order valence-electron chi connectivity index (χ1n) is 8.54. The van der Waals surface area contributed by atoms with Crippen LogP contribution >= 0.6 is 0 Å². The van der Waals surface area contributed by atoms with E-state index in [1.165, 1.54) is 6.42 Å². The van der Waals surface area contributed by atoms with Gasteiger partial charge in [-0.2, -0.15) is 0 Å². The van der Waals surface area contributed by atoms with Gasteiger partial charge in [0.25, 0.3) is 0 Å². The van der Waals surface area contributed by atoms with Gasteiger partial charge in [-0.3, -0.25) is 9.59 Å². The lowest BCUT2D eigenvalue weighted by atomic mass is 9.75. The van der Waals surface area contributed by atoms with Gasteiger partial charge in [0.05, 0.1) is 0 Å². The van der Waals surface area contributed by atoms with E-state index in [2.05, 4.69) is 19.2 Å². The van der Waals surface area contributed by atoms with Gasteiger partial charge in [-0.15, -0.1) is 0 Å². The Balaban J connectivity index is 2.33. The SMILES string of the molecule is CCC(C)CN1C(=O)C2(CCCCC2)NC(=O)C1(C)CC. The van der Waals surface area contributed by atoms with E-state index in [0.717, 1.165) is 32.1 Å². The molecule has 2 unspecified atom stereocenters. The molecule has 2 atom stereocenters. The maximum atomic E-state index is 13.2. The van der Waals surface area contributed by atoms with Gasteiger partial charge >= 0.3 is 0 Å². The zero-order chi connectivity index (χ0) is 15.7. The van der Waals surface area contributed by atoms with Crippen molar-refractivity contribution in [3.05, 3.63) is 0 Å². The number of amides is 2. The molecule has 2 fully saturated rings. The molecule has 0 radical (unpaired) electrons. The third kappa shape index (κ3) is 2.69. The standard InChI is InChI=1S/C17H30N2O2/c1-5-13(3)12-19-15(21)17(10-8-7-9-11-17)18-14(20)16(19,4)6-2/h13H,5-12H2,1-4H3,(H,18,20). The third-order valence-corrected chi connectivity index (χ3v) is 5.68. The largest absolute Gasteiger partial charge is 0.340 e. The highest BCUT2D eigenvalue weighted by atomic mass is 16.2. The molecule has 2 amide bonds. The van der Waals surface area contributed by atoms with Crippen LogP contribution in [0.25, 0.3) is 0 Å². The number of hydrogen-bond donors (Lipinski definition) is 1. The summed E-state index contributed by atoms with van der Waals surface area (Å²) < 4.78 is 0. The fourth-order valence-corrected chi connectivity index (χ4v) is 3.58. The molecular weight excluding hydrogens is 264 g/mol. The Kier molecular flexibility index (Phi) is 4.64. The molecular formula is C17H30N2O2. The lowest BCUT2D eigenvalue weighted by Gasteiger charge is -2.53. The van der Waals surface area contributed by atoms with Gasteiger partial charge in [-0.25, -0.2) is 0 Å². The second-order valence-electron chi connectivity index (χ2n) is 7.15. The van der Waals surface area contributed by atoms with Crippen LogP contribution in [-0.2, 0) is 9.59 Å². The van der Waals surface area contributed by atoms with Gasteiger partial charge in [-0.1, -0.05) is 46.5 Å². The van der Waals surface area contributed by atoms with Gasteiger partial charge in [0.1, 0.15) is 11.1 Å². The van der Waals surface area contributed by atoms with Crippen LogP contribution in [0, 0.1) is 5.92 Å². The Morgan fingerprint density at radius 2 is 1.81 bits per heavy atom. The molecule has 4 heteroatoms. The van der Waals surface area contributed by atoms with Crippen LogP contribution in [0.5, 0.6) is 0 Å². The summed E-state index contributed by atoms with van der Waals surface area (Å²) >= 11 is 0. The number of rotatable bonds is 4. The second-order valence-corrected chi connectivity index (χ2v) is 7.15. The molecule has 1 aliphatic carbocycles. The topological polar surface area (TPSA) is 49.4 Å². The van der Waals surface area contributed by atoms with Crippen LogP contribution in [0.1, 0.15) is 72.6 Å². The average Bonchev–Trinajstić information content (AvgIpc) is 2.50. The van der Waals surface area contributed by atoms with E-state index >= 15 is 0 Å². The molecule has 1 aliphatic heterocycles. The maximum absolute atomic E-state index is 13.2. The number of carbonyl (C=O) groups excluding carboxylic acids is 2. The Labute approximate surface area is 128 Å². The van der Waals surface area contributed by atoms with E-state index in [4.69, 9.17) is 0 Å². The van der Waals surface area contributed by atoms with Crippen molar-refractivity contribution in [1.82, 2.24) is 10.2 Å². The van der Waals surface area contributed by atoms with Gasteiger partial charge < -0.3 is 10.2 Å². The van der Waals surface area contributed by atoms with Crippen molar-refractivity contribution in [3.8, 4) is 0 Å². The molecule has 4 nitrogen and oxygen atoms in total. The molecule has 1 heterocycles. The smallest absolute Gasteiger partial charge is 0.249 e. The first-order chi connectivity index (χ1) is 9.89. The van der Waals surface area contributed by atoms with Crippen molar-refractivity contribution < 1.29 is 9.59 Å². The zero-order valence-corrected chi connectivity index (χ0v) is 14.0. The molecule has 2 rings (SSSR count). The first-order valence-corrected chi connectivity index (χ1v) is 8.54. The van der Waals surface area contributed by atoms with Crippen molar-refractivity contribution in [3.63, 3.8) is 0 Å². The van der Waals surface area contributed by atoms with E-state index in [1.54, 1.807) is 0 Å². The molecule has 0 aromatic carbocycles. The highest BCUT2D eigenvalue weighted by Gasteiger charge is 2.55. The highest BCUT2D eigenvalue weighted by molar-refractivity contribution is 6.02. The lowest BCUT2D eigenvalue weighted by Crippen LogP contribution is -2.75. The zero-order valence-electron chi connectivity index (χ0n) is 14.0. The van der Waals surface area contributed by atoms with Crippen molar-refractivity contribution in [2.24, 2.45) is 5.92 Å². The molecule has 1 saturated carbocycles. The van der Waals surface area contributed by atoms with Crippen LogP contribution in [0.4, 0.5) is 0 Å². The van der Waals surface area contributed by atoms with E-state index in [0.29, 0.717) is 18.9 Å². The molecule has 1 N–H and O–H groups in total. The number of hydrogen-bond acceptors (Lipinski definition) is 2. The molecule has 0 aromatic rings. The van der Waals surface area contributed by atoms with Crippen molar-refractivity contribution in [2.45, 2.75) is 83.7 Å². The van der Waals surface area contributed by atoms with Crippen LogP contribution < -0.4 is 5.32 Å². The van der Waals surface area contributed by atoms with Crippen molar-refractivity contribution in [1.29, 1.82) is 0 Å². The fourth-order valence-electron chi connectivity index (χ4n) is 3.58. The van der Waals surface area contributed by atoms with E-state index in [9.17, 15) is 9.59 Å². The number of nitrogens with one attached hydrogen (secondary N) is 1. The first kappa shape index (κ1) is 16.3. The average molecular weight is 294 g/mol. The van der Waals surface area contributed by atoms with Crippen molar-refractivity contribution in [2.75, 3.05) is 6.54 Å². The molecule has 0 bridgehead atoms. The van der Waals surface area contributed by atoms with Gasteiger partial charge in [0, 0.05) is 6.54 Å². The fraction of sp³-hybridized carbons (Fsp3) is 0.882. The predicted octanol–water partition coefficient (Wildman–Crippen LogP) is 2.86. The summed E-state index contributed by atoms with van der Waals surface area (Å²) in [6, 6.07) is 0. The molecule has 2 aliphatic rings. The molecule has 21 heavy (non-hydrogen) atoms. The molecule has 120 valence electrons. The van der Waals surface area contributed by atoms with Gasteiger partial charge in [0.2, 0.25) is 11.8 Å². The number of nitrogens with zero attached hydrogens (tertiary/aromatic N) is 1. The van der Waals surface area contributed by atoms with Crippen LogP contribution in [0.3, 0.4) is 0 Å². The van der Waals surface area contributed by atoms with E-state index in [1.807, 2.05) is 18.7 Å². The monoisotopic (exact) mass is 294 g/mol. The predicted molar refractivity (Wildman–Crippen MR) is 83.8 cm³/mol. The number of piperazine rings is 1.